The van der Waals surface area contributed by atoms with E-state index in [1.54, 1.807) is 12.1 Å². The molecule has 2 aromatic rings. The minimum atomic E-state index is -3.64. The summed E-state index contributed by atoms with van der Waals surface area (Å²) >= 11 is 0. The van der Waals surface area contributed by atoms with Gasteiger partial charge in [-0.2, -0.15) is 9.57 Å². The average molecular weight is 486 g/mol. The molecule has 9 heteroatoms. The maximum absolute atomic E-state index is 15.3. The highest BCUT2D eigenvalue weighted by molar-refractivity contribution is 7.89. The highest BCUT2D eigenvalue weighted by Gasteiger charge is 2.42. The van der Waals surface area contributed by atoms with Crippen LogP contribution in [0.5, 0.6) is 0 Å². The van der Waals surface area contributed by atoms with E-state index in [0.717, 1.165) is 5.56 Å². The Bertz CT molecular complexity index is 1170. The van der Waals surface area contributed by atoms with Crippen molar-refractivity contribution < 1.29 is 22.3 Å². The molecule has 2 aliphatic heterocycles. The second-order valence-corrected chi connectivity index (χ2v) is 10.9. The highest BCUT2D eigenvalue weighted by Crippen LogP contribution is 2.38. The van der Waals surface area contributed by atoms with Crippen LogP contribution in [-0.2, 0) is 31.5 Å². The fourth-order valence-electron chi connectivity index (χ4n) is 4.90. The van der Waals surface area contributed by atoms with E-state index in [2.05, 4.69) is 5.32 Å². The van der Waals surface area contributed by atoms with Gasteiger partial charge in [-0.1, -0.05) is 42.5 Å². The van der Waals surface area contributed by atoms with E-state index in [0.29, 0.717) is 51.0 Å². The first-order valence-corrected chi connectivity index (χ1v) is 12.9. The first-order valence-electron chi connectivity index (χ1n) is 11.4. The molecule has 0 unspecified atom stereocenters. The number of benzene rings is 2. The number of rotatable bonds is 6. The summed E-state index contributed by atoms with van der Waals surface area (Å²) in [5.74, 6) is -0.873. The number of carbonyl (C=O) groups excluding carboxylic acids is 1. The Morgan fingerprint density at radius 2 is 1.94 bits per heavy atom. The van der Waals surface area contributed by atoms with Crippen LogP contribution in [0.1, 0.15) is 47.6 Å². The first kappa shape index (κ1) is 24.3. The lowest BCUT2D eigenvalue weighted by Gasteiger charge is -2.36. The molecule has 0 saturated carbocycles. The van der Waals surface area contributed by atoms with Crippen molar-refractivity contribution in [3.63, 3.8) is 0 Å². The number of hydrogen-bond donors (Lipinski definition) is 1. The molecule has 0 aliphatic carbocycles. The summed E-state index contributed by atoms with van der Waals surface area (Å²) in [6, 6.07) is 15.6. The molecule has 2 saturated heterocycles. The number of nitrogens with zero attached hydrogens (tertiary/aromatic N) is 2. The summed E-state index contributed by atoms with van der Waals surface area (Å²) in [5, 5.41) is 10.8. The van der Waals surface area contributed by atoms with Gasteiger partial charge in [0.05, 0.1) is 11.5 Å². The van der Waals surface area contributed by atoms with Gasteiger partial charge in [-0.05, 0) is 42.9 Å². The summed E-state index contributed by atoms with van der Waals surface area (Å²) in [4.78, 5) is 12.9. The monoisotopic (exact) mass is 485 g/mol. The minimum Gasteiger partial charge on any atom is -0.381 e. The van der Waals surface area contributed by atoms with Crippen LogP contribution in [-0.4, -0.2) is 44.9 Å². The van der Waals surface area contributed by atoms with Crippen molar-refractivity contribution in [1.82, 2.24) is 9.62 Å². The van der Waals surface area contributed by atoms with Crippen molar-refractivity contribution in [3.05, 3.63) is 71.0 Å². The standard InChI is InChI=1S/C25H28FN3O4S/c26-22-17-21(25(10-15-33-16-11-25)24(30)28-13-12-27)9-8-20(22)18-29-14-4-7-23(34(29,31)32)19-5-2-1-3-6-19/h1-3,5-6,8-9,17,23H,4,7,10-11,13-16,18H2,(H,28,30)/t23-/m1/s1. The van der Waals surface area contributed by atoms with Crippen molar-refractivity contribution in [2.24, 2.45) is 0 Å². The third-order valence-corrected chi connectivity index (χ3v) is 9.08. The van der Waals surface area contributed by atoms with Gasteiger partial charge in [0.2, 0.25) is 15.9 Å². The van der Waals surface area contributed by atoms with E-state index in [1.807, 2.05) is 36.4 Å². The zero-order valence-corrected chi connectivity index (χ0v) is 19.7. The van der Waals surface area contributed by atoms with Gasteiger partial charge in [-0.3, -0.25) is 4.79 Å². The molecule has 2 aliphatic rings. The smallest absolute Gasteiger partial charge is 0.231 e. The third-order valence-electron chi connectivity index (χ3n) is 6.83. The Labute approximate surface area is 199 Å². The number of sulfonamides is 1. The van der Waals surface area contributed by atoms with Crippen molar-refractivity contribution >= 4 is 15.9 Å². The fourth-order valence-corrected chi connectivity index (χ4v) is 6.93. The summed E-state index contributed by atoms with van der Waals surface area (Å²) < 4.78 is 48.6. The van der Waals surface area contributed by atoms with Gasteiger partial charge in [0, 0.05) is 31.9 Å². The molecule has 180 valence electrons. The molecule has 1 amide bonds. The Morgan fingerprint density at radius 1 is 1.21 bits per heavy atom. The molecular formula is C25H28FN3O4S. The topological polar surface area (TPSA) is 99.5 Å². The molecule has 34 heavy (non-hydrogen) atoms. The minimum absolute atomic E-state index is 0.0610. The molecule has 0 spiro atoms. The summed E-state index contributed by atoms with van der Waals surface area (Å²) in [7, 11) is -3.64. The summed E-state index contributed by atoms with van der Waals surface area (Å²) in [5.41, 5.74) is 0.536. The average Bonchev–Trinajstić information content (AvgIpc) is 2.85. The largest absolute Gasteiger partial charge is 0.381 e. The van der Waals surface area contributed by atoms with Crippen LogP contribution in [0.3, 0.4) is 0 Å². The molecular weight excluding hydrogens is 457 g/mol. The molecule has 0 radical (unpaired) electrons. The van der Waals surface area contributed by atoms with Gasteiger partial charge in [0.15, 0.2) is 0 Å². The summed E-state index contributed by atoms with van der Waals surface area (Å²) in [6.07, 6.45) is 1.98. The molecule has 4 rings (SSSR count). The van der Waals surface area contributed by atoms with Crippen LogP contribution in [0.4, 0.5) is 4.39 Å². The van der Waals surface area contributed by atoms with Crippen LogP contribution in [0.2, 0.25) is 0 Å². The van der Waals surface area contributed by atoms with Crippen LogP contribution < -0.4 is 5.32 Å². The van der Waals surface area contributed by atoms with Crippen molar-refractivity contribution in [1.29, 1.82) is 5.26 Å². The van der Waals surface area contributed by atoms with Gasteiger partial charge < -0.3 is 10.1 Å². The zero-order chi connectivity index (χ0) is 24.2. The zero-order valence-electron chi connectivity index (χ0n) is 18.9. The molecule has 1 atom stereocenters. The maximum atomic E-state index is 15.3. The summed E-state index contributed by atoms with van der Waals surface area (Å²) in [6.45, 7) is 0.864. The number of nitrogens with one attached hydrogen (secondary N) is 1. The van der Waals surface area contributed by atoms with Crippen molar-refractivity contribution in [3.8, 4) is 6.07 Å². The normalized spacial score (nSPS) is 21.9. The van der Waals surface area contributed by atoms with Crippen LogP contribution >= 0.6 is 0 Å². The SMILES string of the molecule is N#CCNC(=O)C1(c2ccc(CN3CCC[C@H](c4ccccc4)S3(=O)=O)c(F)c2)CCOCC1. The molecule has 0 bridgehead atoms. The molecule has 2 aromatic carbocycles. The molecule has 2 heterocycles. The second-order valence-electron chi connectivity index (χ2n) is 8.76. The first-order chi connectivity index (χ1) is 16.4. The van der Waals surface area contributed by atoms with E-state index in [-0.39, 0.29) is 24.6 Å². The van der Waals surface area contributed by atoms with Crippen LogP contribution in [0.15, 0.2) is 48.5 Å². The fraction of sp³-hybridized carbons (Fsp3) is 0.440. The second kappa shape index (κ2) is 10.2. The predicted molar refractivity (Wildman–Crippen MR) is 125 cm³/mol. The maximum Gasteiger partial charge on any atom is 0.231 e. The quantitative estimate of drug-likeness (QED) is 0.634. The van der Waals surface area contributed by atoms with Gasteiger partial charge in [-0.25, -0.2) is 12.8 Å². The Kier molecular flexibility index (Phi) is 7.31. The lowest BCUT2D eigenvalue weighted by molar-refractivity contribution is -0.130. The van der Waals surface area contributed by atoms with Crippen molar-refractivity contribution in [2.45, 2.75) is 42.9 Å². The lowest BCUT2D eigenvalue weighted by Crippen LogP contribution is -2.48. The molecule has 2 fully saturated rings. The number of ether oxygens (including phenoxy) is 1. The Hall–Kier alpha value is -2.80. The van der Waals surface area contributed by atoms with E-state index in [4.69, 9.17) is 10.00 Å². The highest BCUT2D eigenvalue weighted by atomic mass is 32.2. The van der Waals surface area contributed by atoms with E-state index in [9.17, 15) is 13.2 Å². The van der Waals surface area contributed by atoms with Gasteiger partial charge in [-0.15, -0.1) is 0 Å². The predicted octanol–water partition coefficient (Wildman–Crippen LogP) is 3.18. The lowest BCUT2D eigenvalue weighted by atomic mass is 9.73. The number of amides is 1. The number of halogens is 1. The third kappa shape index (κ3) is 4.71. The van der Waals surface area contributed by atoms with Crippen molar-refractivity contribution in [2.75, 3.05) is 26.3 Å². The number of nitriles is 1. The van der Waals surface area contributed by atoms with Gasteiger partial charge >= 0.3 is 0 Å². The van der Waals surface area contributed by atoms with E-state index < -0.39 is 26.5 Å². The molecule has 1 N–H and O–H groups in total. The van der Waals surface area contributed by atoms with Gasteiger partial charge in [0.25, 0.3) is 0 Å². The Balaban J connectivity index is 1.58. The van der Waals surface area contributed by atoms with E-state index in [1.165, 1.54) is 10.4 Å². The van der Waals surface area contributed by atoms with Crippen LogP contribution in [0, 0.1) is 17.1 Å². The number of hydrogen-bond acceptors (Lipinski definition) is 5. The van der Waals surface area contributed by atoms with Gasteiger partial charge in [0.1, 0.15) is 17.6 Å². The van der Waals surface area contributed by atoms with E-state index >= 15 is 4.39 Å². The molecule has 7 nitrogen and oxygen atoms in total. The Morgan fingerprint density at radius 3 is 2.62 bits per heavy atom. The number of carbonyl (C=O) groups is 1. The molecule has 0 aromatic heterocycles. The van der Waals surface area contributed by atoms with Crippen LogP contribution in [0.25, 0.3) is 0 Å².